The van der Waals surface area contributed by atoms with Crippen molar-refractivity contribution in [2.45, 2.75) is 187 Å². The fourth-order valence-corrected chi connectivity index (χ4v) is 6.19. The van der Waals surface area contributed by atoms with E-state index in [0.29, 0.717) is 0 Å². The van der Waals surface area contributed by atoms with Crippen molar-refractivity contribution in [2.75, 3.05) is 0 Å². The Morgan fingerprint density at radius 1 is 0.438 bits per heavy atom. The van der Waals surface area contributed by atoms with Gasteiger partial charge in [-0.1, -0.05) is 204 Å². The summed E-state index contributed by atoms with van der Waals surface area (Å²) in [5.41, 5.74) is 3.81. The first kappa shape index (κ1) is 43.9. The van der Waals surface area contributed by atoms with Crippen LogP contribution in [0.25, 0.3) is 0 Å². The van der Waals surface area contributed by atoms with E-state index in [1.54, 1.807) is 0 Å². The molecule has 0 heterocycles. The molecule has 48 heavy (non-hydrogen) atoms. The summed E-state index contributed by atoms with van der Waals surface area (Å²) >= 11 is 0. The van der Waals surface area contributed by atoms with Gasteiger partial charge in [-0.15, -0.1) is 0 Å². The van der Waals surface area contributed by atoms with Crippen LogP contribution in [0.4, 0.5) is 11.4 Å². The van der Waals surface area contributed by atoms with E-state index in [1.807, 2.05) is 18.2 Å². The average molecular weight is 698 g/mol. The monoisotopic (exact) mass is 696 g/mol. The summed E-state index contributed by atoms with van der Waals surface area (Å²) in [5, 5.41) is 0. The van der Waals surface area contributed by atoms with Crippen LogP contribution in [0, 0.1) is 11.8 Å². The zero-order valence-corrected chi connectivity index (χ0v) is 32.1. The molecular formula is C45H70N2Ni. The van der Waals surface area contributed by atoms with Gasteiger partial charge in [-0.05, 0) is 49.4 Å². The van der Waals surface area contributed by atoms with Crippen LogP contribution in [0.1, 0.15) is 187 Å². The van der Waals surface area contributed by atoms with E-state index in [0.717, 1.165) is 42.1 Å². The Bertz CT molecular complexity index is 1100. The number of unbranched alkanes of at least 4 members (excludes halogenated alkanes) is 24. The van der Waals surface area contributed by atoms with Gasteiger partial charge < -0.3 is 0 Å². The normalized spacial score (nSPS) is 11.6. The van der Waals surface area contributed by atoms with Gasteiger partial charge in [0.25, 0.3) is 0 Å². The van der Waals surface area contributed by atoms with Crippen LogP contribution in [-0.4, -0.2) is 11.4 Å². The summed E-state index contributed by atoms with van der Waals surface area (Å²) in [4.78, 5) is 10.1. The Balaban J connectivity index is 0.0000115. The largest absolute Gasteiger partial charge is 0.251 e. The number of hydrogen-bond donors (Lipinski definition) is 0. The van der Waals surface area contributed by atoms with Gasteiger partial charge in [0.2, 0.25) is 0 Å². The Labute approximate surface area is 307 Å². The van der Waals surface area contributed by atoms with Gasteiger partial charge >= 0.3 is 0 Å². The van der Waals surface area contributed by atoms with Gasteiger partial charge in [-0.25, -0.2) is 4.99 Å². The van der Waals surface area contributed by atoms with Crippen molar-refractivity contribution in [1.29, 1.82) is 0 Å². The second kappa shape index (κ2) is 33.3. The smallest absolute Gasteiger partial charge is 0.135 e. The van der Waals surface area contributed by atoms with Crippen molar-refractivity contribution in [2.24, 2.45) is 9.98 Å². The predicted octanol–water partition coefficient (Wildman–Crippen LogP) is 15.1. The fourth-order valence-electron chi connectivity index (χ4n) is 6.19. The molecule has 0 aromatic heterocycles. The number of para-hydroxylation sites is 2. The molecular weight excluding hydrogens is 627 g/mol. The Morgan fingerprint density at radius 2 is 0.792 bits per heavy atom. The molecule has 0 aliphatic carbocycles. The van der Waals surface area contributed by atoms with Crippen LogP contribution < -0.4 is 0 Å². The first-order valence-corrected chi connectivity index (χ1v) is 20.1. The fraction of sp³-hybridized carbons (Fsp3) is 0.644. The summed E-state index contributed by atoms with van der Waals surface area (Å²) < 4.78 is 0. The van der Waals surface area contributed by atoms with E-state index in [9.17, 15) is 0 Å². The van der Waals surface area contributed by atoms with Gasteiger partial charge in [0.15, 0.2) is 0 Å². The van der Waals surface area contributed by atoms with Crippen molar-refractivity contribution in [3.05, 3.63) is 60.7 Å². The van der Waals surface area contributed by atoms with Crippen LogP contribution in [0.3, 0.4) is 0 Å². The zero-order valence-electron chi connectivity index (χ0n) is 31.1. The first-order valence-electron chi connectivity index (χ1n) is 20.1. The van der Waals surface area contributed by atoms with Crippen LogP contribution in [0.5, 0.6) is 0 Å². The summed E-state index contributed by atoms with van der Waals surface area (Å²) in [6.07, 6.45) is 36.1. The molecule has 0 spiro atoms. The number of aliphatic imine (C=N–C) groups is 2. The molecule has 0 unspecified atom stereocenters. The van der Waals surface area contributed by atoms with Crippen molar-refractivity contribution in [3.8, 4) is 11.8 Å². The van der Waals surface area contributed by atoms with Crippen molar-refractivity contribution < 1.29 is 16.5 Å². The second-order valence-corrected chi connectivity index (χ2v) is 13.6. The van der Waals surface area contributed by atoms with Crippen LogP contribution in [0.15, 0.2) is 70.6 Å². The SMILES string of the molecule is CCCCCCCCC#CC(=N\c1ccccc1)/C(CCCCCCCCCCCCCCCCCCCCC)=N/c1ccccc1.[Ni]. The molecule has 0 saturated carbocycles. The topological polar surface area (TPSA) is 24.7 Å². The molecule has 0 bridgehead atoms. The number of nitrogens with zero attached hydrogens (tertiary/aromatic N) is 2. The standard InChI is InChI=1S/C45H70N2.Ni/c1-3-5-7-9-11-13-14-15-16-17-18-19-20-21-22-23-25-27-35-41-45(47-43-38-32-29-33-39-43)44(46-42-36-30-28-31-37-42)40-34-26-24-12-10-8-6-4-2;/h28-33,36-39H,3-27,35,41H2,1-2H3;/b46-44+,47-45+;. The first-order chi connectivity index (χ1) is 23.3. The number of hydrogen-bond acceptors (Lipinski definition) is 2. The molecule has 2 aromatic rings. The molecule has 0 N–H and O–H groups in total. The van der Waals surface area contributed by atoms with Gasteiger partial charge in [0, 0.05) is 22.9 Å². The molecule has 0 amide bonds. The van der Waals surface area contributed by atoms with Crippen molar-refractivity contribution in [3.63, 3.8) is 0 Å². The Kier molecular flexibility index (Phi) is 30.5. The van der Waals surface area contributed by atoms with E-state index in [4.69, 9.17) is 9.98 Å². The van der Waals surface area contributed by atoms with Gasteiger partial charge in [0.1, 0.15) is 5.71 Å². The molecule has 0 aliphatic rings. The molecule has 2 rings (SSSR count). The Morgan fingerprint density at radius 3 is 1.21 bits per heavy atom. The van der Waals surface area contributed by atoms with Crippen molar-refractivity contribution >= 4 is 22.8 Å². The molecule has 0 radical (unpaired) electrons. The molecule has 0 saturated heterocycles. The zero-order chi connectivity index (χ0) is 33.3. The molecule has 270 valence electrons. The maximum Gasteiger partial charge on any atom is 0.135 e. The maximum atomic E-state index is 5.10. The van der Waals surface area contributed by atoms with E-state index in [1.165, 1.54) is 154 Å². The van der Waals surface area contributed by atoms with Gasteiger partial charge in [-0.3, -0.25) is 4.99 Å². The number of benzene rings is 2. The third-order valence-corrected chi connectivity index (χ3v) is 9.17. The summed E-state index contributed by atoms with van der Waals surface area (Å²) in [6, 6.07) is 20.6. The number of rotatable bonds is 29. The summed E-state index contributed by atoms with van der Waals surface area (Å²) in [7, 11) is 0. The van der Waals surface area contributed by atoms with Gasteiger partial charge in [-0.2, -0.15) is 0 Å². The molecule has 0 aliphatic heterocycles. The molecule has 2 aromatic carbocycles. The maximum absolute atomic E-state index is 5.10. The average Bonchev–Trinajstić information content (AvgIpc) is 3.10. The van der Waals surface area contributed by atoms with E-state index in [-0.39, 0.29) is 16.5 Å². The van der Waals surface area contributed by atoms with Crippen LogP contribution in [0.2, 0.25) is 0 Å². The van der Waals surface area contributed by atoms with Crippen molar-refractivity contribution in [1.82, 2.24) is 0 Å². The molecule has 0 fully saturated rings. The summed E-state index contributed by atoms with van der Waals surface area (Å²) in [5.74, 6) is 6.93. The Hall–Kier alpha value is -2.17. The minimum absolute atomic E-state index is 0. The predicted molar refractivity (Wildman–Crippen MR) is 211 cm³/mol. The third-order valence-electron chi connectivity index (χ3n) is 9.17. The quantitative estimate of drug-likeness (QED) is 0.0350. The molecule has 3 heteroatoms. The third kappa shape index (κ3) is 24.9. The minimum atomic E-state index is 0. The van der Waals surface area contributed by atoms with E-state index >= 15 is 0 Å². The summed E-state index contributed by atoms with van der Waals surface area (Å²) in [6.45, 7) is 4.57. The van der Waals surface area contributed by atoms with Gasteiger partial charge in [0.05, 0.1) is 17.1 Å². The second-order valence-electron chi connectivity index (χ2n) is 13.6. The van der Waals surface area contributed by atoms with E-state index in [2.05, 4.69) is 68.2 Å². The minimum Gasteiger partial charge on any atom is -0.251 e. The van der Waals surface area contributed by atoms with Crippen LogP contribution in [-0.2, 0) is 16.5 Å². The molecule has 2 nitrogen and oxygen atoms in total. The van der Waals surface area contributed by atoms with E-state index < -0.39 is 0 Å². The molecule has 0 atom stereocenters. The van der Waals surface area contributed by atoms with Crippen LogP contribution >= 0.6 is 0 Å².